The van der Waals surface area contributed by atoms with Gasteiger partial charge < -0.3 is 9.80 Å². The fourth-order valence-electron chi connectivity index (χ4n) is 6.10. The molecule has 2 aliphatic rings. The Kier molecular flexibility index (Phi) is 9.34. The Morgan fingerprint density at radius 1 is 0.775 bits per heavy atom. The number of piperidine rings is 1. The molecular weight excluding hydrogens is 492 g/mol. The van der Waals surface area contributed by atoms with Crippen molar-refractivity contribution >= 4 is 10.8 Å². The molecule has 0 radical (unpaired) electrons. The number of fused-ring (bicyclic) bond motifs is 1. The largest absolute Gasteiger partial charge is 0.354 e. The summed E-state index contributed by atoms with van der Waals surface area (Å²) in [5.74, 6) is 0.774. The molecular formula is C34H40N6. The normalized spacial score (nSPS) is 15.9. The number of nitrogens with zero attached hydrogens (tertiary/aromatic N) is 6. The Bertz CT molecular complexity index is 1370. The van der Waals surface area contributed by atoms with E-state index in [0.29, 0.717) is 6.54 Å². The number of benzene rings is 3. The maximum Gasteiger partial charge on any atom is 0.169 e. The number of hydrogen-bond acceptors (Lipinski definition) is 6. The van der Waals surface area contributed by atoms with Gasteiger partial charge in [0.25, 0.3) is 0 Å². The van der Waals surface area contributed by atoms with Gasteiger partial charge in [-0.1, -0.05) is 80.1 Å². The maximum absolute atomic E-state index is 9.81. The van der Waals surface area contributed by atoms with E-state index < -0.39 is 0 Å². The van der Waals surface area contributed by atoms with Crippen molar-refractivity contribution in [1.29, 1.82) is 10.5 Å². The molecule has 0 amide bonds. The molecule has 6 heteroatoms. The minimum atomic E-state index is 0.199. The van der Waals surface area contributed by atoms with Crippen molar-refractivity contribution in [2.24, 2.45) is 0 Å². The van der Waals surface area contributed by atoms with Gasteiger partial charge in [-0.05, 0) is 59.9 Å². The summed E-state index contributed by atoms with van der Waals surface area (Å²) in [6.07, 6.45) is 4.01. The zero-order chi connectivity index (χ0) is 27.7. The van der Waals surface area contributed by atoms with Gasteiger partial charge in [-0.25, -0.2) is 0 Å². The van der Waals surface area contributed by atoms with Gasteiger partial charge in [0, 0.05) is 45.8 Å². The first-order valence-electron chi connectivity index (χ1n) is 14.7. The number of rotatable bonds is 10. The molecule has 0 saturated carbocycles. The molecule has 0 bridgehead atoms. The van der Waals surface area contributed by atoms with Crippen LogP contribution in [0.4, 0.5) is 0 Å². The molecule has 2 saturated heterocycles. The highest BCUT2D eigenvalue weighted by Crippen LogP contribution is 2.27. The first-order valence-corrected chi connectivity index (χ1v) is 14.7. The summed E-state index contributed by atoms with van der Waals surface area (Å²) < 4.78 is 0. The Morgan fingerprint density at radius 2 is 1.48 bits per heavy atom. The maximum atomic E-state index is 9.81. The van der Waals surface area contributed by atoms with E-state index in [2.05, 4.69) is 105 Å². The standard InChI is InChI=1S/C34H40N6/c1-2-37(25-28-13-15-29(16-14-28)26-38-17-6-3-7-18-38)19-20-39-21-22-40(34(39)32(23-35)24-36)27-31-11-8-10-30-9-4-5-12-33(30)31/h4-5,8-16H,2-3,6-7,17-22,25-27H2,1H3. The van der Waals surface area contributed by atoms with Crippen LogP contribution in [-0.4, -0.2) is 65.4 Å². The molecule has 2 aliphatic heterocycles. The van der Waals surface area contributed by atoms with Crippen molar-refractivity contribution in [2.45, 2.75) is 45.8 Å². The second kappa shape index (κ2) is 13.5. The molecule has 0 aromatic heterocycles. The molecule has 0 unspecified atom stereocenters. The zero-order valence-electron chi connectivity index (χ0n) is 23.7. The van der Waals surface area contributed by atoms with Crippen molar-refractivity contribution in [1.82, 2.24) is 19.6 Å². The molecule has 6 nitrogen and oxygen atoms in total. The average Bonchev–Trinajstić information content (AvgIpc) is 3.39. The summed E-state index contributed by atoms with van der Waals surface area (Å²) in [5.41, 5.74) is 4.14. The van der Waals surface area contributed by atoms with Gasteiger partial charge >= 0.3 is 0 Å². The summed E-state index contributed by atoms with van der Waals surface area (Å²) >= 11 is 0. The SMILES string of the molecule is CCN(CCN1CCN(Cc2cccc3ccccc23)C1=C(C#N)C#N)Cc1ccc(CN2CCCCC2)cc1. The van der Waals surface area contributed by atoms with Gasteiger partial charge in [0.2, 0.25) is 0 Å². The highest BCUT2D eigenvalue weighted by Gasteiger charge is 2.29. The summed E-state index contributed by atoms with van der Waals surface area (Å²) in [4.78, 5) is 9.46. The third-order valence-corrected chi connectivity index (χ3v) is 8.34. The predicted octanol–water partition coefficient (Wildman–Crippen LogP) is 5.72. The first kappa shape index (κ1) is 27.7. The molecule has 3 aromatic carbocycles. The highest BCUT2D eigenvalue weighted by atomic mass is 15.4. The van der Waals surface area contributed by atoms with Crippen LogP contribution >= 0.6 is 0 Å². The molecule has 0 spiro atoms. The lowest BCUT2D eigenvalue weighted by Gasteiger charge is -2.28. The molecule has 0 atom stereocenters. The van der Waals surface area contributed by atoms with Crippen LogP contribution < -0.4 is 0 Å². The van der Waals surface area contributed by atoms with Crippen LogP contribution in [0.15, 0.2) is 78.1 Å². The van der Waals surface area contributed by atoms with Gasteiger partial charge in [0.05, 0.1) is 0 Å². The summed E-state index contributed by atoms with van der Waals surface area (Å²) in [5, 5.41) is 22.0. The fraction of sp³-hybridized carbons (Fsp3) is 0.412. The summed E-state index contributed by atoms with van der Waals surface area (Å²) in [7, 11) is 0. The molecule has 2 fully saturated rings. The van der Waals surface area contributed by atoms with E-state index in [0.717, 1.165) is 51.6 Å². The lowest BCUT2D eigenvalue weighted by Crippen LogP contribution is -2.34. The number of likely N-dealkylation sites (tertiary alicyclic amines) is 1. The van der Waals surface area contributed by atoms with Crippen LogP contribution in [0, 0.1) is 22.7 Å². The van der Waals surface area contributed by atoms with E-state index in [1.54, 1.807) is 0 Å². The topological polar surface area (TPSA) is 60.5 Å². The smallest absolute Gasteiger partial charge is 0.169 e. The monoisotopic (exact) mass is 532 g/mol. The minimum Gasteiger partial charge on any atom is -0.354 e. The third-order valence-electron chi connectivity index (χ3n) is 8.34. The van der Waals surface area contributed by atoms with Crippen LogP contribution in [0.2, 0.25) is 0 Å². The van der Waals surface area contributed by atoms with Crippen LogP contribution in [0.1, 0.15) is 42.9 Å². The van der Waals surface area contributed by atoms with Crippen molar-refractivity contribution in [2.75, 3.05) is 45.8 Å². The Labute approximate surface area is 239 Å². The summed E-state index contributed by atoms with van der Waals surface area (Å²) in [6, 6.07) is 28.2. The van der Waals surface area contributed by atoms with E-state index in [9.17, 15) is 10.5 Å². The lowest BCUT2D eigenvalue weighted by molar-refractivity contribution is 0.220. The van der Waals surface area contributed by atoms with Crippen molar-refractivity contribution in [3.63, 3.8) is 0 Å². The number of hydrogen-bond donors (Lipinski definition) is 0. The molecule has 5 rings (SSSR count). The fourth-order valence-corrected chi connectivity index (χ4v) is 6.10. The second-order valence-electron chi connectivity index (χ2n) is 11.0. The Morgan fingerprint density at radius 3 is 2.23 bits per heavy atom. The predicted molar refractivity (Wildman–Crippen MR) is 161 cm³/mol. The van der Waals surface area contributed by atoms with E-state index in [-0.39, 0.29) is 5.57 Å². The Hall–Kier alpha value is -3.84. The number of allylic oxidation sites excluding steroid dienone is 1. The van der Waals surface area contributed by atoms with Crippen LogP contribution in [-0.2, 0) is 19.6 Å². The quantitative estimate of drug-likeness (QED) is 0.311. The van der Waals surface area contributed by atoms with Crippen molar-refractivity contribution in [3.8, 4) is 12.1 Å². The Balaban J connectivity index is 1.22. The lowest BCUT2D eigenvalue weighted by atomic mass is 10.0. The summed E-state index contributed by atoms with van der Waals surface area (Å²) in [6.45, 7) is 11.5. The third kappa shape index (κ3) is 6.65. The van der Waals surface area contributed by atoms with Crippen LogP contribution in [0.5, 0.6) is 0 Å². The van der Waals surface area contributed by atoms with Gasteiger partial charge in [-0.15, -0.1) is 0 Å². The van der Waals surface area contributed by atoms with E-state index in [1.165, 1.54) is 59.8 Å². The molecule has 2 heterocycles. The van der Waals surface area contributed by atoms with Crippen LogP contribution in [0.25, 0.3) is 10.8 Å². The van der Waals surface area contributed by atoms with E-state index in [1.807, 2.05) is 0 Å². The number of likely N-dealkylation sites (N-methyl/N-ethyl adjacent to an activating group) is 1. The second-order valence-corrected chi connectivity index (χ2v) is 11.0. The zero-order valence-corrected chi connectivity index (χ0v) is 23.7. The van der Waals surface area contributed by atoms with Gasteiger partial charge in [0.1, 0.15) is 18.0 Å². The molecule has 0 N–H and O–H groups in total. The van der Waals surface area contributed by atoms with Gasteiger partial charge in [-0.2, -0.15) is 10.5 Å². The number of nitriles is 2. The molecule has 206 valence electrons. The molecule has 0 aliphatic carbocycles. The average molecular weight is 533 g/mol. The molecule has 3 aromatic rings. The van der Waals surface area contributed by atoms with E-state index >= 15 is 0 Å². The molecule has 40 heavy (non-hydrogen) atoms. The van der Waals surface area contributed by atoms with Crippen molar-refractivity contribution in [3.05, 3.63) is 94.8 Å². The minimum absolute atomic E-state index is 0.199. The van der Waals surface area contributed by atoms with E-state index in [4.69, 9.17) is 0 Å². The first-order chi connectivity index (χ1) is 19.7. The van der Waals surface area contributed by atoms with Crippen molar-refractivity contribution < 1.29 is 0 Å². The highest BCUT2D eigenvalue weighted by molar-refractivity contribution is 5.85. The van der Waals surface area contributed by atoms with Crippen LogP contribution in [0.3, 0.4) is 0 Å². The van der Waals surface area contributed by atoms with Gasteiger partial charge in [-0.3, -0.25) is 9.80 Å². The van der Waals surface area contributed by atoms with Gasteiger partial charge in [0.15, 0.2) is 5.57 Å².